The quantitative estimate of drug-likeness (QED) is 0.107. The van der Waals surface area contributed by atoms with Crippen LogP contribution in [0.25, 0.3) is 0 Å². The zero-order chi connectivity index (χ0) is 33.9. The maximum Gasteiger partial charge on any atom is 0.530 e. The summed E-state index contributed by atoms with van der Waals surface area (Å²) >= 11 is 0. The molecule has 1 aliphatic rings. The summed E-state index contributed by atoms with van der Waals surface area (Å²) < 4.78 is 52.2. The van der Waals surface area contributed by atoms with Crippen LogP contribution in [0.1, 0.15) is 132 Å². The molecule has 0 bridgehead atoms. The summed E-state index contributed by atoms with van der Waals surface area (Å²) in [4.78, 5) is -0.311. The van der Waals surface area contributed by atoms with E-state index in [2.05, 4.69) is 75.3 Å². The van der Waals surface area contributed by atoms with Gasteiger partial charge in [0, 0.05) is 5.56 Å². The minimum atomic E-state index is -4.49. The lowest BCUT2D eigenvalue weighted by Gasteiger charge is -2.39. The molecule has 256 valence electrons. The van der Waals surface area contributed by atoms with Gasteiger partial charge in [-0.15, -0.1) is 0 Å². The Morgan fingerprint density at radius 3 is 1.58 bits per heavy atom. The standard InChI is InChI=1S/C20H25O6PS.C16H36N/c1-19(2,3)13-11-16(20(4,5)6)18-17(12-13)25-27(26-18)24-14-7-9-15(10-8-14)28(21,22)23;1-5-9-13-17(14-10-6-2,15-11-7-3)16-12-8-4/h7-12H,1-6H3,(H,21,22,23);5-16H2,1-4H3/q;+1/p-1. The predicted molar refractivity (Wildman–Crippen MR) is 186 cm³/mol. The molecule has 1 atom stereocenters. The number of quaternary nitrogens is 1. The summed E-state index contributed by atoms with van der Waals surface area (Å²) in [6.45, 7) is 27.8. The third-order valence-corrected chi connectivity index (χ3v) is 10.2. The summed E-state index contributed by atoms with van der Waals surface area (Å²) in [6.07, 6.45) is 11.1. The highest BCUT2D eigenvalue weighted by molar-refractivity contribution is 7.85. The molecule has 0 fully saturated rings. The lowest BCUT2D eigenvalue weighted by Crippen LogP contribution is -2.50. The highest BCUT2D eigenvalue weighted by atomic mass is 32.2. The van der Waals surface area contributed by atoms with Gasteiger partial charge in [0.25, 0.3) is 0 Å². The summed E-state index contributed by atoms with van der Waals surface area (Å²) in [5, 5.41) is 0. The predicted octanol–water partition coefficient (Wildman–Crippen LogP) is 10.3. The van der Waals surface area contributed by atoms with Crippen molar-refractivity contribution in [3.8, 4) is 17.2 Å². The second-order valence-corrected chi connectivity index (χ2v) is 16.8. The molecule has 0 saturated heterocycles. The molecule has 0 aliphatic carbocycles. The monoisotopic (exact) mass is 665 g/mol. The molecular weight excluding hydrogens is 605 g/mol. The van der Waals surface area contributed by atoms with Gasteiger partial charge in [0.15, 0.2) is 11.5 Å². The van der Waals surface area contributed by atoms with Gasteiger partial charge in [-0.2, -0.15) is 0 Å². The molecule has 3 rings (SSSR count). The molecular formula is C36H60NO6PS. The molecule has 2 aromatic carbocycles. The molecule has 2 aromatic rings. The lowest BCUT2D eigenvalue weighted by molar-refractivity contribution is -0.929. The zero-order valence-corrected chi connectivity index (χ0v) is 31.4. The summed E-state index contributed by atoms with van der Waals surface area (Å²) in [6, 6.07) is 9.35. The Kier molecular flexibility index (Phi) is 15.1. The second-order valence-electron chi connectivity index (χ2n) is 14.4. The lowest BCUT2D eigenvalue weighted by atomic mass is 9.80. The van der Waals surface area contributed by atoms with E-state index in [9.17, 15) is 13.0 Å². The van der Waals surface area contributed by atoms with E-state index in [4.69, 9.17) is 13.6 Å². The minimum Gasteiger partial charge on any atom is -0.744 e. The number of hydrogen-bond acceptors (Lipinski definition) is 6. The van der Waals surface area contributed by atoms with Crippen LogP contribution in [0.2, 0.25) is 0 Å². The van der Waals surface area contributed by atoms with Crippen LogP contribution in [0.5, 0.6) is 17.2 Å². The Hall–Kier alpha value is -1.86. The number of unbranched alkanes of at least 4 members (excludes halogenated alkanes) is 4. The summed E-state index contributed by atoms with van der Waals surface area (Å²) in [5.41, 5.74) is 1.98. The van der Waals surface area contributed by atoms with Crippen LogP contribution in [0.15, 0.2) is 41.3 Å². The van der Waals surface area contributed by atoms with E-state index in [0.29, 0.717) is 17.2 Å². The van der Waals surface area contributed by atoms with Crippen molar-refractivity contribution in [3.63, 3.8) is 0 Å². The second kappa shape index (κ2) is 17.3. The van der Waals surface area contributed by atoms with Crippen molar-refractivity contribution in [2.45, 2.75) is 136 Å². The van der Waals surface area contributed by atoms with Crippen molar-refractivity contribution in [2.24, 2.45) is 0 Å². The van der Waals surface area contributed by atoms with Crippen LogP contribution in [0.3, 0.4) is 0 Å². The van der Waals surface area contributed by atoms with Crippen LogP contribution in [-0.2, 0) is 20.9 Å². The first-order valence-corrected chi connectivity index (χ1v) is 19.4. The fourth-order valence-corrected chi connectivity index (χ4v) is 6.87. The Morgan fingerprint density at radius 2 is 1.20 bits per heavy atom. The number of fused-ring (bicyclic) bond motifs is 1. The number of nitrogens with zero attached hydrogens (tertiary/aromatic N) is 1. The summed E-state index contributed by atoms with van der Waals surface area (Å²) in [5.74, 6) is 1.67. The van der Waals surface area contributed by atoms with Gasteiger partial charge in [0.1, 0.15) is 15.9 Å². The van der Waals surface area contributed by atoms with Gasteiger partial charge in [0.05, 0.1) is 31.1 Å². The average Bonchev–Trinajstić information content (AvgIpc) is 3.37. The van der Waals surface area contributed by atoms with Crippen LogP contribution < -0.4 is 13.6 Å². The van der Waals surface area contributed by atoms with Crippen LogP contribution >= 0.6 is 8.60 Å². The van der Waals surface area contributed by atoms with Crippen molar-refractivity contribution in [2.75, 3.05) is 26.2 Å². The van der Waals surface area contributed by atoms with E-state index in [1.54, 1.807) is 0 Å². The Labute approximate surface area is 276 Å². The molecule has 1 unspecified atom stereocenters. The maximum absolute atomic E-state index is 11.0. The molecule has 0 aromatic heterocycles. The van der Waals surface area contributed by atoms with E-state index in [-0.39, 0.29) is 15.7 Å². The Balaban J connectivity index is 0.000000358. The largest absolute Gasteiger partial charge is 0.744 e. The smallest absolute Gasteiger partial charge is 0.530 e. The molecule has 0 amide bonds. The Morgan fingerprint density at radius 1 is 0.733 bits per heavy atom. The van der Waals surface area contributed by atoms with E-state index in [0.717, 1.165) is 11.1 Å². The number of hydrogen-bond donors (Lipinski definition) is 0. The van der Waals surface area contributed by atoms with Crippen molar-refractivity contribution < 1.29 is 31.0 Å². The first kappa shape index (κ1) is 39.3. The van der Waals surface area contributed by atoms with Gasteiger partial charge in [0.2, 0.25) is 0 Å². The molecule has 0 radical (unpaired) electrons. The first-order chi connectivity index (χ1) is 21.0. The minimum absolute atomic E-state index is 0.0513. The van der Waals surface area contributed by atoms with Crippen molar-refractivity contribution >= 4 is 18.7 Å². The third kappa shape index (κ3) is 12.4. The average molecular weight is 666 g/mol. The summed E-state index contributed by atoms with van der Waals surface area (Å²) in [7, 11) is -6.22. The number of benzene rings is 2. The topological polar surface area (TPSA) is 84.9 Å². The van der Waals surface area contributed by atoms with Gasteiger partial charge < -0.3 is 22.6 Å². The maximum atomic E-state index is 11.0. The zero-order valence-electron chi connectivity index (χ0n) is 29.7. The van der Waals surface area contributed by atoms with E-state index in [1.807, 2.05) is 6.07 Å². The van der Waals surface area contributed by atoms with E-state index >= 15 is 0 Å². The van der Waals surface area contributed by atoms with Gasteiger partial charge in [-0.3, -0.25) is 0 Å². The van der Waals surface area contributed by atoms with Crippen molar-refractivity contribution in [1.29, 1.82) is 0 Å². The molecule has 0 spiro atoms. The molecule has 0 N–H and O–H groups in total. The first-order valence-electron chi connectivity index (χ1n) is 16.9. The van der Waals surface area contributed by atoms with Crippen LogP contribution in [-0.4, -0.2) is 43.6 Å². The van der Waals surface area contributed by atoms with Gasteiger partial charge in [-0.1, -0.05) is 101 Å². The molecule has 1 heterocycles. The van der Waals surface area contributed by atoms with Crippen molar-refractivity contribution in [3.05, 3.63) is 47.5 Å². The molecule has 9 heteroatoms. The van der Waals surface area contributed by atoms with Crippen molar-refractivity contribution in [1.82, 2.24) is 0 Å². The van der Waals surface area contributed by atoms with Gasteiger partial charge in [-0.25, -0.2) is 8.42 Å². The van der Waals surface area contributed by atoms with Gasteiger partial charge in [-0.05, 0) is 72.4 Å². The SMILES string of the molecule is CC(C)(C)c1cc2c(c(C(C)(C)C)c1)OP(Oc1ccc(S(=O)(=O)[O-])cc1)O2.CCCC[N+](CCCC)(CCCC)CCCC. The van der Waals surface area contributed by atoms with Crippen LogP contribution in [0, 0.1) is 0 Å². The number of rotatable bonds is 15. The normalized spacial score (nSPS) is 15.0. The molecule has 1 aliphatic heterocycles. The fraction of sp³-hybridized carbons (Fsp3) is 0.667. The van der Waals surface area contributed by atoms with Gasteiger partial charge >= 0.3 is 8.60 Å². The third-order valence-electron chi connectivity index (χ3n) is 8.30. The highest BCUT2D eigenvalue weighted by Crippen LogP contribution is 2.57. The van der Waals surface area contributed by atoms with E-state index in [1.165, 1.54) is 106 Å². The molecule has 7 nitrogen and oxygen atoms in total. The molecule has 45 heavy (non-hydrogen) atoms. The highest BCUT2D eigenvalue weighted by Gasteiger charge is 2.36. The van der Waals surface area contributed by atoms with E-state index < -0.39 is 18.7 Å². The Bertz CT molecular complexity index is 1240. The molecule has 0 saturated carbocycles. The fourth-order valence-electron chi connectivity index (χ4n) is 5.36. The van der Waals surface area contributed by atoms with Crippen LogP contribution in [0.4, 0.5) is 0 Å².